The molecule has 0 amide bonds. The van der Waals surface area contributed by atoms with Crippen LogP contribution in [0.5, 0.6) is 0 Å². The fraction of sp³-hybridized carbons (Fsp3) is 0.571. The Kier molecular flexibility index (Phi) is 4.49. The molecule has 1 heterocycles. The van der Waals surface area contributed by atoms with E-state index in [1.54, 1.807) is 0 Å². The van der Waals surface area contributed by atoms with Crippen LogP contribution in [0.3, 0.4) is 0 Å². The second-order valence-corrected chi connectivity index (χ2v) is 5.53. The molecule has 4 heteroatoms. The zero-order valence-electron chi connectivity index (χ0n) is 11.1. The minimum absolute atomic E-state index is 0.476. The SMILES string of the molecule is CC1CN(C)C(CCN)CN1c1ccccc1Cl. The van der Waals surface area contributed by atoms with E-state index in [0.29, 0.717) is 12.1 Å². The molecule has 0 radical (unpaired) electrons. The minimum Gasteiger partial charge on any atom is -0.365 e. The van der Waals surface area contributed by atoms with E-state index in [2.05, 4.69) is 29.8 Å². The van der Waals surface area contributed by atoms with Crippen molar-refractivity contribution >= 4 is 17.3 Å². The highest BCUT2D eigenvalue weighted by molar-refractivity contribution is 6.33. The zero-order chi connectivity index (χ0) is 13.1. The van der Waals surface area contributed by atoms with Crippen LogP contribution < -0.4 is 10.6 Å². The van der Waals surface area contributed by atoms with Gasteiger partial charge in [-0.15, -0.1) is 0 Å². The number of hydrogen-bond acceptors (Lipinski definition) is 3. The molecule has 2 rings (SSSR count). The lowest BCUT2D eigenvalue weighted by Gasteiger charge is -2.45. The molecule has 0 aromatic heterocycles. The Bertz CT molecular complexity index is 396. The molecule has 0 aliphatic carbocycles. The van der Waals surface area contributed by atoms with Crippen LogP contribution in [0, 0.1) is 0 Å². The van der Waals surface area contributed by atoms with Gasteiger partial charge in [0.15, 0.2) is 0 Å². The second kappa shape index (κ2) is 5.91. The van der Waals surface area contributed by atoms with Gasteiger partial charge in [-0.3, -0.25) is 4.90 Å². The van der Waals surface area contributed by atoms with E-state index in [0.717, 1.165) is 36.8 Å². The van der Waals surface area contributed by atoms with E-state index in [1.165, 1.54) is 0 Å². The molecular weight excluding hydrogens is 246 g/mol. The number of piperazine rings is 1. The number of benzene rings is 1. The predicted molar refractivity (Wildman–Crippen MR) is 78.3 cm³/mol. The standard InChI is InChI=1S/C14H22ClN3/c1-11-9-17(2)12(7-8-16)10-18(11)14-6-4-3-5-13(14)15/h3-6,11-12H,7-10,16H2,1-2H3. The van der Waals surface area contributed by atoms with E-state index in [-0.39, 0.29) is 0 Å². The van der Waals surface area contributed by atoms with Crippen molar-refractivity contribution in [3.63, 3.8) is 0 Å². The summed E-state index contributed by atoms with van der Waals surface area (Å²) in [4.78, 5) is 4.81. The van der Waals surface area contributed by atoms with Gasteiger partial charge < -0.3 is 10.6 Å². The molecule has 1 aromatic rings. The Labute approximate surface area is 115 Å². The summed E-state index contributed by atoms with van der Waals surface area (Å²) in [6, 6.07) is 9.07. The van der Waals surface area contributed by atoms with E-state index in [4.69, 9.17) is 17.3 Å². The van der Waals surface area contributed by atoms with Crippen LogP contribution in [-0.4, -0.2) is 43.7 Å². The first-order valence-electron chi connectivity index (χ1n) is 6.55. The number of nitrogens with zero attached hydrogens (tertiary/aromatic N) is 2. The van der Waals surface area contributed by atoms with Crippen molar-refractivity contribution in [2.75, 3.05) is 31.6 Å². The van der Waals surface area contributed by atoms with E-state index < -0.39 is 0 Å². The lowest BCUT2D eigenvalue weighted by molar-refractivity contribution is 0.185. The van der Waals surface area contributed by atoms with Crippen LogP contribution in [0.25, 0.3) is 0 Å². The number of rotatable bonds is 3. The van der Waals surface area contributed by atoms with Gasteiger partial charge in [0.2, 0.25) is 0 Å². The lowest BCUT2D eigenvalue weighted by Crippen LogP contribution is -2.56. The lowest BCUT2D eigenvalue weighted by atomic mass is 10.0. The summed E-state index contributed by atoms with van der Waals surface area (Å²) < 4.78 is 0. The van der Waals surface area contributed by atoms with Crippen LogP contribution in [0.15, 0.2) is 24.3 Å². The fourth-order valence-corrected chi connectivity index (χ4v) is 2.98. The molecule has 1 aliphatic rings. The molecule has 1 saturated heterocycles. The van der Waals surface area contributed by atoms with Gasteiger partial charge in [0.05, 0.1) is 10.7 Å². The minimum atomic E-state index is 0.476. The fourth-order valence-electron chi connectivity index (χ4n) is 2.74. The van der Waals surface area contributed by atoms with Crippen LogP contribution in [0.4, 0.5) is 5.69 Å². The smallest absolute Gasteiger partial charge is 0.0639 e. The summed E-state index contributed by atoms with van der Waals surface area (Å²) in [6.07, 6.45) is 1.03. The maximum Gasteiger partial charge on any atom is 0.0639 e. The van der Waals surface area contributed by atoms with Crippen molar-refractivity contribution in [1.29, 1.82) is 0 Å². The van der Waals surface area contributed by atoms with Gasteiger partial charge >= 0.3 is 0 Å². The van der Waals surface area contributed by atoms with E-state index >= 15 is 0 Å². The van der Waals surface area contributed by atoms with Gasteiger partial charge in [0.1, 0.15) is 0 Å². The average molecular weight is 268 g/mol. The number of nitrogens with two attached hydrogens (primary N) is 1. The van der Waals surface area contributed by atoms with E-state index in [9.17, 15) is 0 Å². The molecule has 0 saturated carbocycles. The van der Waals surface area contributed by atoms with Crippen LogP contribution in [-0.2, 0) is 0 Å². The Hall–Kier alpha value is -0.770. The number of hydrogen-bond donors (Lipinski definition) is 1. The molecule has 2 atom stereocenters. The largest absolute Gasteiger partial charge is 0.365 e. The zero-order valence-corrected chi connectivity index (χ0v) is 11.9. The highest BCUT2D eigenvalue weighted by Crippen LogP contribution is 2.29. The third-order valence-corrected chi connectivity index (χ3v) is 4.10. The first-order valence-corrected chi connectivity index (χ1v) is 6.92. The highest BCUT2D eigenvalue weighted by atomic mass is 35.5. The maximum absolute atomic E-state index is 6.30. The molecule has 1 aromatic carbocycles. The van der Waals surface area contributed by atoms with Crippen molar-refractivity contribution < 1.29 is 0 Å². The maximum atomic E-state index is 6.30. The first kappa shape index (κ1) is 13.7. The number of halogens is 1. The molecule has 0 spiro atoms. The van der Waals surface area contributed by atoms with Crippen molar-refractivity contribution in [2.45, 2.75) is 25.4 Å². The Balaban J connectivity index is 2.19. The third-order valence-electron chi connectivity index (χ3n) is 3.78. The molecule has 3 nitrogen and oxygen atoms in total. The molecule has 1 aliphatic heterocycles. The first-order chi connectivity index (χ1) is 8.63. The topological polar surface area (TPSA) is 32.5 Å². The molecular formula is C14H22ClN3. The van der Waals surface area contributed by atoms with Crippen LogP contribution >= 0.6 is 11.6 Å². The average Bonchev–Trinajstić information content (AvgIpc) is 2.34. The van der Waals surface area contributed by atoms with Crippen molar-refractivity contribution in [1.82, 2.24) is 4.90 Å². The molecule has 0 bridgehead atoms. The number of anilines is 1. The van der Waals surface area contributed by atoms with Crippen molar-refractivity contribution in [2.24, 2.45) is 5.73 Å². The summed E-state index contributed by atoms with van der Waals surface area (Å²) in [5.74, 6) is 0. The summed E-state index contributed by atoms with van der Waals surface area (Å²) in [5, 5.41) is 0.834. The Morgan fingerprint density at radius 2 is 2.06 bits per heavy atom. The van der Waals surface area contributed by atoms with Gasteiger partial charge in [-0.25, -0.2) is 0 Å². The molecule has 2 N–H and O–H groups in total. The molecule has 2 unspecified atom stereocenters. The Morgan fingerprint density at radius 1 is 1.33 bits per heavy atom. The van der Waals surface area contributed by atoms with E-state index in [1.807, 2.05) is 18.2 Å². The van der Waals surface area contributed by atoms with Gasteiger partial charge in [0.25, 0.3) is 0 Å². The second-order valence-electron chi connectivity index (χ2n) is 5.12. The molecule has 1 fully saturated rings. The summed E-state index contributed by atoms with van der Waals surface area (Å²) in [7, 11) is 2.18. The highest BCUT2D eigenvalue weighted by Gasteiger charge is 2.29. The van der Waals surface area contributed by atoms with Gasteiger partial charge in [-0.05, 0) is 39.1 Å². The van der Waals surface area contributed by atoms with Crippen molar-refractivity contribution in [3.8, 4) is 0 Å². The van der Waals surface area contributed by atoms with Crippen LogP contribution in [0.2, 0.25) is 5.02 Å². The van der Waals surface area contributed by atoms with Gasteiger partial charge in [0, 0.05) is 25.2 Å². The number of likely N-dealkylation sites (N-methyl/N-ethyl adjacent to an activating group) is 1. The molecule has 100 valence electrons. The number of para-hydroxylation sites is 1. The normalized spacial score (nSPS) is 25.4. The summed E-state index contributed by atoms with van der Waals surface area (Å²) in [5.41, 5.74) is 6.84. The Morgan fingerprint density at radius 3 is 2.72 bits per heavy atom. The monoisotopic (exact) mass is 267 g/mol. The van der Waals surface area contributed by atoms with Gasteiger partial charge in [-0.2, -0.15) is 0 Å². The quantitative estimate of drug-likeness (QED) is 0.911. The summed E-state index contributed by atoms with van der Waals surface area (Å²) >= 11 is 6.30. The summed E-state index contributed by atoms with van der Waals surface area (Å²) in [6.45, 7) is 5.03. The third kappa shape index (κ3) is 2.79. The van der Waals surface area contributed by atoms with Crippen molar-refractivity contribution in [3.05, 3.63) is 29.3 Å². The van der Waals surface area contributed by atoms with Gasteiger partial charge in [-0.1, -0.05) is 23.7 Å². The van der Waals surface area contributed by atoms with Crippen LogP contribution in [0.1, 0.15) is 13.3 Å². The predicted octanol–water partition coefficient (Wildman–Crippen LogP) is 2.20. The molecule has 18 heavy (non-hydrogen) atoms.